The summed E-state index contributed by atoms with van der Waals surface area (Å²) in [6, 6.07) is 0. The van der Waals surface area contributed by atoms with Crippen LogP contribution in [0.3, 0.4) is 0 Å². The first-order valence-electron chi connectivity index (χ1n) is 3.61. The van der Waals surface area contributed by atoms with Gasteiger partial charge in [-0.05, 0) is 0 Å². The Bertz CT molecular complexity index is 265. The van der Waals surface area contributed by atoms with Gasteiger partial charge in [0, 0.05) is 5.41 Å². The number of aliphatic hydroxyl groups excluding tert-OH is 1. The molecule has 68 valence electrons. The third-order valence-corrected chi connectivity index (χ3v) is 2.69. The summed E-state index contributed by atoms with van der Waals surface area (Å²) in [5, 5.41) is 26.1. The van der Waals surface area contributed by atoms with Gasteiger partial charge in [-0.25, -0.2) is 0 Å². The number of hydrogen-bond acceptors (Lipinski definition) is 5. The standard InChI is InChI=1S/C7H12N2O2S/c1-7(2,3)6-9-8-4(12-6)5(10)11/h5,10-11H,1-3H3. The fraction of sp³-hybridized carbons (Fsp3) is 0.714. The van der Waals surface area contributed by atoms with Crippen molar-refractivity contribution in [2.24, 2.45) is 0 Å². The zero-order valence-electron chi connectivity index (χ0n) is 7.27. The Morgan fingerprint density at radius 2 is 1.83 bits per heavy atom. The van der Waals surface area contributed by atoms with Crippen molar-refractivity contribution in [2.75, 3.05) is 0 Å². The first-order chi connectivity index (χ1) is 5.41. The Morgan fingerprint density at radius 3 is 2.08 bits per heavy atom. The molecule has 0 radical (unpaired) electrons. The topological polar surface area (TPSA) is 66.2 Å². The Kier molecular flexibility index (Phi) is 2.46. The van der Waals surface area contributed by atoms with E-state index in [4.69, 9.17) is 10.2 Å². The lowest BCUT2D eigenvalue weighted by atomic mass is 9.98. The zero-order chi connectivity index (χ0) is 9.35. The minimum absolute atomic E-state index is 0.0786. The van der Waals surface area contributed by atoms with E-state index in [-0.39, 0.29) is 10.4 Å². The largest absolute Gasteiger partial charge is 0.362 e. The summed E-state index contributed by atoms with van der Waals surface area (Å²) in [6.45, 7) is 6.00. The Morgan fingerprint density at radius 1 is 1.25 bits per heavy atom. The number of aromatic nitrogens is 2. The van der Waals surface area contributed by atoms with Gasteiger partial charge in [-0.1, -0.05) is 32.1 Å². The van der Waals surface area contributed by atoms with Crippen molar-refractivity contribution in [1.29, 1.82) is 0 Å². The van der Waals surface area contributed by atoms with E-state index in [1.54, 1.807) is 0 Å². The van der Waals surface area contributed by atoms with Gasteiger partial charge in [0.15, 0.2) is 5.01 Å². The molecular formula is C7H12N2O2S. The average molecular weight is 188 g/mol. The molecule has 0 aliphatic heterocycles. The third kappa shape index (κ3) is 2.00. The van der Waals surface area contributed by atoms with Gasteiger partial charge in [0.2, 0.25) is 6.29 Å². The van der Waals surface area contributed by atoms with E-state index in [2.05, 4.69) is 10.2 Å². The van der Waals surface area contributed by atoms with E-state index >= 15 is 0 Å². The van der Waals surface area contributed by atoms with Crippen molar-refractivity contribution >= 4 is 11.3 Å². The van der Waals surface area contributed by atoms with E-state index in [9.17, 15) is 0 Å². The third-order valence-electron chi connectivity index (χ3n) is 1.30. The van der Waals surface area contributed by atoms with Crippen molar-refractivity contribution in [3.63, 3.8) is 0 Å². The maximum absolute atomic E-state index is 8.77. The Hall–Kier alpha value is -0.520. The van der Waals surface area contributed by atoms with Crippen molar-refractivity contribution < 1.29 is 10.2 Å². The number of nitrogens with zero attached hydrogens (tertiary/aromatic N) is 2. The van der Waals surface area contributed by atoms with Crippen molar-refractivity contribution in [3.8, 4) is 0 Å². The highest BCUT2D eigenvalue weighted by molar-refractivity contribution is 7.11. The molecule has 0 amide bonds. The summed E-state index contributed by atoms with van der Waals surface area (Å²) in [7, 11) is 0. The first kappa shape index (κ1) is 9.57. The van der Waals surface area contributed by atoms with Gasteiger partial charge < -0.3 is 10.2 Å². The molecule has 0 aromatic carbocycles. The second-order valence-electron chi connectivity index (χ2n) is 3.57. The predicted molar refractivity (Wildman–Crippen MR) is 45.8 cm³/mol. The minimum Gasteiger partial charge on any atom is -0.362 e. The van der Waals surface area contributed by atoms with Gasteiger partial charge in [0.05, 0.1) is 0 Å². The van der Waals surface area contributed by atoms with Crippen LogP contribution in [0.5, 0.6) is 0 Å². The molecule has 1 heterocycles. The molecule has 0 atom stereocenters. The van der Waals surface area contributed by atoms with Crippen molar-refractivity contribution in [2.45, 2.75) is 32.5 Å². The molecule has 0 spiro atoms. The lowest BCUT2D eigenvalue weighted by molar-refractivity contribution is -0.0430. The van der Waals surface area contributed by atoms with E-state index in [1.807, 2.05) is 20.8 Å². The molecule has 1 aromatic rings. The molecule has 0 unspecified atom stereocenters. The average Bonchev–Trinajstić information content (AvgIpc) is 2.30. The molecule has 0 saturated carbocycles. The summed E-state index contributed by atoms with van der Waals surface area (Å²) in [4.78, 5) is 0. The van der Waals surface area contributed by atoms with Gasteiger partial charge in [0.1, 0.15) is 5.01 Å². The van der Waals surface area contributed by atoms with Crippen LogP contribution >= 0.6 is 11.3 Å². The van der Waals surface area contributed by atoms with Gasteiger partial charge in [-0.15, -0.1) is 10.2 Å². The van der Waals surface area contributed by atoms with Gasteiger partial charge in [-0.3, -0.25) is 0 Å². The van der Waals surface area contributed by atoms with Crippen molar-refractivity contribution in [1.82, 2.24) is 10.2 Å². The van der Waals surface area contributed by atoms with Crippen LogP contribution in [0.15, 0.2) is 0 Å². The summed E-state index contributed by atoms with van der Waals surface area (Å²) >= 11 is 1.23. The molecule has 0 fully saturated rings. The summed E-state index contributed by atoms with van der Waals surface area (Å²) in [5.74, 6) is 0. The SMILES string of the molecule is CC(C)(C)c1nnc(C(O)O)s1. The number of hydrogen-bond donors (Lipinski definition) is 2. The van der Waals surface area contributed by atoms with E-state index in [1.165, 1.54) is 11.3 Å². The molecule has 0 saturated heterocycles. The fourth-order valence-electron chi connectivity index (χ4n) is 0.642. The normalized spacial score (nSPS) is 12.5. The molecule has 0 bridgehead atoms. The molecule has 2 N–H and O–H groups in total. The Labute approximate surface area is 74.9 Å². The van der Waals surface area contributed by atoms with Crippen LogP contribution in [-0.4, -0.2) is 20.4 Å². The predicted octanol–water partition coefficient (Wildman–Crippen LogP) is 0.819. The van der Waals surface area contributed by atoms with Gasteiger partial charge in [0.25, 0.3) is 0 Å². The van der Waals surface area contributed by atoms with Gasteiger partial charge >= 0.3 is 0 Å². The molecule has 1 rings (SSSR count). The van der Waals surface area contributed by atoms with Crippen LogP contribution in [0.25, 0.3) is 0 Å². The van der Waals surface area contributed by atoms with E-state index in [0.717, 1.165) is 5.01 Å². The highest BCUT2D eigenvalue weighted by Crippen LogP contribution is 2.27. The molecule has 0 aliphatic rings. The maximum atomic E-state index is 8.77. The molecule has 12 heavy (non-hydrogen) atoms. The van der Waals surface area contributed by atoms with Crippen LogP contribution in [-0.2, 0) is 5.41 Å². The zero-order valence-corrected chi connectivity index (χ0v) is 8.09. The second-order valence-corrected chi connectivity index (χ2v) is 4.58. The highest BCUT2D eigenvalue weighted by Gasteiger charge is 2.20. The van der Waals surface area contributed by atoms with Crippen LogP contribution in [0, 0.1) is 0 Å². The number of rotatable bonds is 1. The Balaban J connectivity index is 2.92. The molecular weight excluding hydrogens is 176 g/mol. The second kappa shape index (κ2) is 3.08. The minimum atomic E-state index is -1.50. The van der Waals surface area contributed by atoms with Crippen LogP contribution in [0.1, 0.15) is 37.1 Å². The quantitative estimate of drug-likeness (QED) is 0.640. The summed E-state index contributed by atoms with van der Waals surface area (Å²) in [5.41, 5.74) is -0.0786. The van der Waals surface area contributed by atoms with Crippen LogP contribution in [0.2, 0.25) is 0 Å². The van der Waals surface area contributed by atoms with E-state index < -0.39 is 6.29 Å². The number of aliphatic hydroxyl groups is 2. The smallest absolute Gasteiger partial charge is 0.207 e. The van der Waals surface area contributed by atoms with Crippen molar-refractivity contribution in [3.05, 3.63) is 10.0 Å². The summed E-state index contributed by atoms with van der Waals surface area (Å²) in [6.07, 6.45) is -1.50. The van der Waals surface area contributed by atoms with Crippen LogP contribution < -0.4 is 0 Å². The summed E-state index contributed by atoms with van der Waals surface area (Å²) < 4.78 is 0. The monoisotopic (exact) mass is 188 g/mol. The highest BCUT2D eigenvalue weighted by atomic mass is 32.1. The first-order valence-corrected chi connectivity index (χ1v) is 4.43. The molecule has 0 aliphatic carbocycles. The van der Waals surface area contributed by atoms with Gasteiger partial charge in [-0.2, -0.15) is 0 Å². The maximum Gasteiger partial charge on any atom is 0.207 e. The molecule has 1 aromatic heterocycles. The lowest BCUT2D eigenvalue weighted by Gasteiger charge is -2.12. The van der Waals surface area contributed by atoms with Crippen LogP contribution in [0.4, 0.5) is 0 Å². The lowest BCUT2D eigenvalue weighted by Crippen LogP contribution is -2.10. The molecule has 5 heteroatoms. The van der Waals surface area contributed by atoms with E-state index in [0.29, 0.717) is 0 Å². The molecule has 4 nitrogen and oxygen atoms in total. The fourth-order valence-corrected chi connectivity index (χ4v) is 1.41.